The number of carbonyl (C=O) groups excluding carboxylic acids is 1. The molecule has 0 spiro atoms. The number of nitrogens with one attached hydrogen (secondary N) is 2. The van der Waals surface area contributed by atoms with Crippen LogP contribution < -0.4 is 10.6 Å². The number of carbonyl (C=O) groups is 1. The molecule has 0 aliphatic carbocycles. The van der Waals surface area contributed by atoms with Gasteiger partial charge in [0.2, 0.25) is 5.91 Å². The fourth-order valence-electron chi connectivity index (χ4n) is 3.35. The van der Waals surface area contributed by atoms with Crippen LogP contribution in [-0.4, -0.2) is 33.5 Å². The zero-order valence-corrected chi connectivity index (χ0v) is 16.2. The maximum Gasteiger partial charge on any atom is 0.243 e. The molecular formula is C21H27N5O. The number of anilines is 1. The number of hydrogen-bond acceptors (Lipinski definition) is 4. The quantitative estimate of drug-likeness (QED) is 0.600. The highest BCUT2D eigenvalue weighted by Gasteiger charge is 2.23. The Kier molecular flexibility index (Phi) is 6.06. The number of rotatable bonds is 8. The van der Waals surface area contributed by atoms with Crippen LogP contribution >= 0.6 is 0 Å². The first-order valence-corrected chi connectivity index (χ1v) is 9.53. The highest BCUT2D eigenvalue weighted by Crippen LogP contribution is 2.24. The summed E-state index contributed by atoms with van der Waals surface area (Å²) in [6.45, 7) is 7.35. The minimum absolute atomic E-state index is 0.0311. The van der Waals surface area contributed by atoms with Crippen LogP contribution in [0.2, 0.25) is 0 Å². The Bertz CT molecular complexity index is 918. The van der Waals surface area contributed by atoms with Gasteiger partial charge in [0.05, 0.1) is 11.0 Å². The second kappa shape index (κ2) is 8.66. The lowest BCUT2D eigenvalue weighted by Gasteiger charge is -2.20. The highest BCUT2D eigenvalue weighted by molar-refractivity contribution is 5.84. The summed E-state index contributed by atoms with van der Waals surface area (Å²) in [6.07, 6.45) is 5.10. The molecule has 3 rings (SSSR count). The van der Waals surface area contributed by atoms with Gasteiger partial charge in [-0.15, -0.1) is 0 Å². The molecule has 2 N–H and O–H groups in total. The standard InChI is InChI=1S/C21H27N5O/c1-4-18(26-19-9-7-6-8-17(19)25-20(26)5-2)21(27)24-13-12-23-16-10-11-22-14-15(16)3/h6-11,14,18H,4-5,12-13H2,1-3H3,(H,22,23)(H,24,27). The van der Waals surface area contributed by atoms with Crippen molar-refractivity contribution in [3.8, 4) is 0 Å². The molecule has 6 heteroatoms. The average molecular weight is 365 g/mol. The number of imidazole rings is 1. The van der Waals surface area contributed by atoms with Crippen LogP contribution in [0.25, 0.3) is 11.0 Å². The summed E-state index contributed by atoms with van der Waals surface area (Å²) in [5.41, 5.74) is 4.09. The summed E-state index contributed by atoms with van der Waals surface area (Å²) in [7, 11) is 0. The zero-order valence-electron chi connectivity index (χ0n) is 16.2. The second-order valence-electron chi connectivity index (χ2n) is 6.57. The van der Waals surface area contributed by atoms with E-state index in [0.29, 0.717) is 13.1 Å². The van der Waals surface area contributed by atoms with Crippen molar-refractivity contribution in [1.82, 2.24) is 19.9 Å². The van der Waals surface area contributed by atoms with Gasteiger partial charge in [-0.25, -0.2) is 4.98 Å². The third-order valence-electron chi connectivity index (χ3n) is 4.75. The number of pyridine rings is 1. The van der Waals surface area contributed by atoms with Crippen LogP contribution in [0.4, 0.5) is 5.69 Å². The van der Waals surface area contributed by atoms with E-state index in [1.807, 2.05) is 50.4 Å². The Balaban J connectivity index is 1.67. The molecule has 0 aliphatic heterocycles. The third-order valence-corrected chi connectivity index (χ3v) is 4.75. The fourth-order valence-corrected chi connectivity index (χ4v) is 3.35. The molecule has 6 nitrogen and oxygen atoms in total. The molecule has 142 valence electrons. The molecule has 0 saturated carbocycles. The molecule has 0 saturated heterocycles. The number of hydrogen-bond donors (Lipinski definition) is 2. The van der Waals surface area contributed by atoms with E-state index in [1.54, 1.807) is 6.20 Å². The molecule has 0 bridgehead atoms. The second-order valence-corrected chi connectivity index (χ2v) is 6.57. The largest absolute Gasteiger partial charge is 0.383 e. The molecular weight excluding hydrogens is 338 g/mol. The van der Waals surface area contributed by atoms with E-state index in [0.717, 1.165) is 41.0 Å². The van der Waals surface area contributed by atoms with Crippen molar-refractivity contribution in [2.45, 2.75) is 39.7 Å². The van der Waals surface area contributed by atoms with E-state index in [-0.39, 0.29) is 11.9 Å². The first kappa shape index (κ1) is 18.9. The summed E-state index contributed by atoms with van der Waals surface area (Å²) >= 11 is 0. The van der Waals surface area contributed by atoms with Gasteiger partial charge >= 0.3 is 0 Å². The highest BCUT2D eigenvalue weighted by atomic mass is 16.2. The van der Waals surface area contributed by atoms with Crippen LogP contribution in [0.15, 0.2) is 42.7 Å². The average Bonchev–Trinajstić information content (AvgIpc) is 3.06. The molecule has 1 amide bonds. The minimum Gasteiger partial charge on any atom is -0.383 e. The van der Waals surface area contributed by atoms with Crippen LogP contribution in [0, 0.1) is 6.92 Å². The summed E-state index contributed by atoms with van der Waals surface area (Å²) in [4.78, 5) is 21.6. The zero-order chi connectivity index (χ0) is 19.2. The Morgan fingerprint density at radius 1 is 1.19 bits per heavy atom. The number of benzene rings is 1. The number of amides is 1. The lowest BCUT2D eigenvalue weighted by molar-refractivity contribution is -0.124. The van der Waals surface area contributed by atoms with Gasteiger partial charge in [-0.1, -0.05) is 26.0 Å². The van der Waals surface area contributed by atoms with Gasteiger partial charge in [0, 0.05) is 37.6 Å². The van der Waals surface area contributed by atoms with Gasteiger partial charge in [-0.05, 0) is 37.1 Å². The van der Waals surface area contributed by atoms with Crippen molar-refractivity contribution in [3.05, 3.63) is 54.1 Å². The minimum atomic E-state index is -0.255. The smallest absolute Gasteiger partial charge is 0.243 e. The van der Waals surface area contributed by atoms with E-state index in [1.165, 1.54) is 0 Å². The van der Waals surface area contributed by atoms with E-state index < -0.39 is 0 Å². The summed E-state index contributed by atoms with van der Waals surface area (Å²) in [6, 6.07) is 9.69. The van der Waals surface area contributed by atoms with E-state index in [4.69, 9.17) is 4.98 Å². The van der Waals surface area contributed by atoms with Crippen molar-refractivity contribution >= 4 is 22.6 Å². The Morgan fingerprint density at radius 3 is 2.74 bits per heavy atom. The molecule has 0 radical (unpaired) electrons. The molecule has 1 unspecified atom stereocenters. The Labute approximate surface area is 160 Å². The van der Waals surface area contributed by atoms with Gasteiger partial charge in [-0.2, -0.15) is 0 Å². The van der Waals surface area contributed by atoms with Crippen LogP contribution in [0.5, 0.6) is 0 Å². The summed E-state index contributed by atoms with van der Waals surface area (Å²) in [5.74, 6) is 0.979. The SMILES string of the molecule is CCc1nc2ccccc2n1C(CC)C(=O)NCCNc1ccncc1C. The molecule has 2 heterocycles. The lowest BCUT2D eigenvalue weighted by Crippen LogP contribution is -2.35. The lowest BCUT2D eigenvalue weighted by atomic mass is 10.2. The molecule has 1 atom stereocenters. The molecule has 0 aliphatic rings. The van der Waals surface area contributed by atoms with E-state index in [9.17, 15) is 4.79 Å². The molecule has 27 heavy (non-hydrogen) atoms. The molecule has 2 aromatic heterocycles. The van der Waals surface area contributed by atoms with E-state index in [2.05, 4.69) is 27.1 Å². The van der Waals surface area contributed by atoms with Crippen LogP contribution in [-0.2, 0) is 11.2 Å². The van der Waals surface area contributed by atoms with Crippen molar-refractivity contribution in [1.29, 1.82) is 0 Å². The first-order chi connectivity index (χ1) is 13.2. The number of para-hydroxylation sites is 2. The fraction of sp³-hybridized carbons (Fsp3) is 0.381. The van der Waals surface area contributed by atoms with Crippen molar-refractivity contribution in [3.63, 3.8) is 0 Å². The first-order valence-electron chi connectivity index (χ1n) is 9.53. The third kappa shape index (κ3) is 4.10. The van der Waals surface area contributed by atoms with Crippen molar-refractivity contribution in [2.24, 2.45) is 0 Å². The number of aromatic nitrogens is 3. The van der Waals surface area contributed by atoms with Gasteiger partial charge in [0.25, 0.3) is 0 Å². The van der Waals surface area contributed by atoms with Gasteiger partial charge in [0.15, 0.2) is 0 Å². The number of aryl methyl sites for hydroxylation is 2. The molecule has 1 aromatic carbocycles. The number of nitrogens with zero attached hydrogens (tertiary/aromatic N) is 3. The van der Waals surface area contributed by atoms with Crippen LogP contribution in [0.3, 0.4) is 0 Å². The van der Waals surface area contributed by atoms with Gasteiger partial charge in [0.1, 0.15) is 11.9 Å². The topological polar surface area (TPSA) is 71.8 Å². The van der Waals surface area contributed by atoms with Crippen LogP contribution in [0.1, 0.15) is 37.7 Å². The molecule has 0 fully saturated rings. The van der Waals surface area contributed by atoms with Crippen molar-refractivity contribution < 1.29 is 4.79 Å². The maximum atomic E-state index is 12.9. The summed E-state index contributed by atoms with van der Waals surface area (Å²) < 4.78 is 2.09. The normalized spacial score (nSPS) is 12.1. The predicted molar refractivity (Wildman–Crippen MR) is 109 cm³/mol. The van der Waals surface area contributed by atoms with Gasteiger partial charge in [-0.3, -0.25) is 9.78 Å². The molecule has 3 aromatic rings. The Morgan fingerprint density at radius 2 is 2.00 bits per heavy atom. The van der Waals surface area contributed by atoms with Gasteiger partial charge < -0.3 is 15.2 Å². The number of fused-ring (bicyclic) bond motifs is 1. The Hall–Kier alpha value is -2.89. The maximum absolute atomic E-state index is 12.9. The van der Waals surface area contributed by atoms with E-state index >= 15 is 0 Å². The monoisotopic (exact) mass is 365 g/mol. The predicted octanol–water partition coefficient (Wildman–Crippen LogP) is 3.48. The van der Waals surface area contributed by atoms with Crippen molar-refractivity contribution in [2.75, 3.05) is 18.4 Å². The summed E-state index contributed by atoms with van der Waals surface area (Å²) in [5, 5.41) is 6.40.